The van der Waals surface area contributed by atoms with Gasteiger partial charge in [-0.2, -0.15) is 4.98 Å². The van der Waals surface area contributed by atoms with E-state index in [1.807, 2.05) is 25.1 Å². The lowest BCUT2D eigenvalue weighted by Crippen LogP contribution is -2.35. The van der Waals surface area contributed by atoms with Crippen molar-refractivity contribution in [3.05, 3.63) is 63.9 Å². The standard InChI is InChI=1S/C20H19BrN4O3/c1-12-10-14(21)8-9-17(12)23-18(26)11-25(3)20(27)16-7-5-4-6-15(16)19-22-13(2)24-28-19/h4-10H,11H2,1-3H3,(H,23,26). The van der Waals surface area contributed by atoms with Gasteiger partial charge in [0.15, 0.2) is 5.82 Å². The first-order valence-electron chi connectivity index (χ1n) is 8.56. The Labute approximate surface area is 170 Å². The molecule has 3 aromatic rings. The third-order valence-corrected chi connectivity index (χ3v) is 4.60. The Morgan fingerprint density at radius 3 is 2.61 bits per heavy atom. The topological polar surface area (TPSA) is 88.3 Å². The Morgan fingerprint density at radius 2 is 1.93 bits per heavy atom. The van der Waals surface area contributed by atoms with Crippen molar-refractivity contribution in [3.8, 4) is 11.5 Å². The number of rotatable bonds is 5. The molecule has 0 aliphatic rings. The molecule has 0 unspecified atom stereocenters. The molecule has 0 aliphatic carbocycles. The number of carbonyl (C=O) groups is 2. The summed E-state index contributed by atoms with van der Waals surface area (Å²) in [5.74, 6) is 0.154. The number of benzene rings is 2. The Kier molecular flexibility index (Phi) is 5.89. The fraction of sp³-hybridized carbons (Fsp3) is 0.200. The zero-order valence-electron chi connectivity index (χ0n) is 15.7. The normalized spacial score (nSPS) is 10.6. The van der Waals surface area contributed by atoms with E-state index in [0.717, 1.165) is 10.0 Å². The van der Waals surface area contributed by atoms with Gasteiger partial charge in [0.05, 0.1) is 17.7 Å². The van der Waals surface area contributed by atoms with Crippen LogP contribution in [0.1, 0.15) is 21.7 Å². The summed E-state index contributed by atoms with van der Waals surface area (Å²) < 4.78 is 6.12. The number of nitrogens with one attached hydrogen (secondary N) is 1. The van der Waals surface area contributed by atoms with Crippen molar-refractivity contribution in [1.82, 2.24) is 15.0 Å². The summed E-state index contributed by atoms with van der Waals surface area (Å²) >= 11 is 3.39. The van der Waals surface area contributed by atoms with E-state index in [1.165, 1.54) is 4.90 Å². The summed E-state index contributed by atoms with van der Waals surface area (Å²) in [4.78, 5) is 30.8. The second-order valence-electron chi connectivity index (χ2n) is 6.36. The molecule has 2 amide bonds. The number of anilines is 1. The first kappa shape index (κ1) is 19.8. The van der Waals surface area contributed by atoms with Crippen molar-refractivity contribution >= 4 is 33.4 Å². The quantitative estimate of drug-likeness (QED) is 0.648. The number of aromatic nitrogens is 2. The van der Waals surface area contributed by atoms with Crippen LogP contribution in [-0.4, -0.2) is 40.4 Å². The lowest BCUT2D eigenvalue weighted by molar-refractivity contribution is -0.116. The van der Waals surface area contributed by atoms with Crippen LogP contribution in [0.5, 0.6) is 0 Å². The number of amides is 2. The van der Waals surface area contributed by atoms with Gasteiger partial charge < -0.3 is 14.7 Å². The number of likely N-dealkylation sites (N-methyl/N-ethyl adjacent to an activating group) is 1. The monoisotopic (exact) mass is 442 g/mol. The van der Waals surface area contributed by atoms with Crippen LogP contribution in [0.3, 0.4) is 0 Å². The molecular weight excluding hydrogens is 424 g/mol. The van der Waals surface area contributed by atoms with E-state index >= 15 is 0 Å². The van der Waals surface area contributed by atoms with Gasteiger partial charge in [-0.25, -0.2) is 0 Å². The maximum absolute atomic E-state index is 12.9. The van der Waals surface area contributed by atoms with Gasteiger partial charge in [-0.3, -0.25) is 9.59 Å². The van der Waals surface area contributed by atoms with E-state index in [1.54, 1.807) is 38.2 Å². The van der Waals surface area contributed by atoms with Gasteiger partial charge in [-0.15, -0.1) is 0 Å². The molecule has 0 spiro atoms. The number of halogens is 1. The molecule has 0 saturated carbocycles. The number of nitrogens with zero attached hydrogens (tertiary/aromatic N) is 3. The fourth-order valence-corrected chi connectivity index (χ4v) is 3.19. The Morgan fingerprint density at radius 1 is 1.18 bits per heavy atom. The molecule has 2 aromatic carbocycles. The third-order valence-electron chi connectivity index (χ3n) is 4.11. The van der Waals surface area contributed by atoms with Crippen LogP contribution in [0.25, 0.3) is 11.5 Å². The molecule has 0 saturated heterocycles. The highest BCUT2D eigenvalue weighted by molar-refractivity contribution is 9.10. The highest BCUT2D eigenvalue weighted by atomic mass is 79.9. The number of carbonyl (C=O) groups excluding carboxylic acids is 2. The van der Waals surface area contributed by atoms with Gasteiger partial charge in [0.2, 0.25) is 5.91 Å². The van der Waals surface area contributed by atoms with Gasteiger partial charge >= 0.3 is 0 Å². The molecule has 1 aromatic heterocycles. The van der Waals surface area contributed by atoms with Crippen molar-refractivity contribution in [2.75, 3.05) is 18.9 Å². The summed E-state index contributed by atoms with van der Waals surface area (Å²) in [6.07, 6.45) is 0. The van der Waals surface area contributed by atoms with Crippen LogP contribution in [0.4, 0.5) is 5.69 Å². The SMILES string of the molecule is Cc1noc(-c2ccccc2C(=O)N(C)CC(=O)Nc2ccc(Br)cc2C)n1. The van der Waals surface area contributed by atoms with Crippen molar-refractivity contribution in [3.63, 3.8) is 0 Å². The van der Waals surface area contributed by atoms with Gasteiger partial charge in [0.1, 0.15) is 0 Å². The Bertz CT molecular complexity index is 1030. The van der Waals surface area contributed by atoms with Gasteiger partial charge in [0.25, 0.3) is 11.8 Å². The molecule has 0 aliphatic heterocycles. The molecule has 1 N–H and O–H groups in total. The average Bonchev–Trinajstić information content (AvgIpc) is 3.09. The maximum Gasteiger partial charge on any atom is 0.258 e. The molecule has 28 heavy (non-hydrogen) atoms. The predicted molar refractivity (Wildman–Crippen MR) is 109 cm³/mol. The van der Waals surface area contributed by atoms with Crippen LogP contribution in [0.2, 0.25) is 0 Å². The largest absolute Gasteiger partial charge is 0.334 e. The van der Waals surface area contributed by atoms with Crippen molar-refractivity contribution in [2.45, 2.75) is 13.8 Å². The van der Waals surface area contributed by atoms with Crippen LogP contribution in [0, 0.1) is 13.8 Å². The van der Waals surface area contributed by atoms with Crippen molar-refractivity contribution in [1.29, 1.82) is 0 Å². The molecule has 1 heterocycles. The number of hydrogen-bond acceptors (Lipinski definition) is 5. The smallest absolute Gasteiger partial charge is 0.258 e. The minimum absolute atomic E-state index is 0.0917. The molecule has 0 atom stereocenters. The molecule has 7 nitrogen and oxygen atoms in total. The Balaban J connectivity index is 1.74. The van der Waals surface area contributed by atoms with Crippen LogP contribution in [0.15, 0.2) is 51.5 Å². The predicted octanol–water partition coefficient (Wildman–Crippen LogP) is 3.83. The highest BCUT2D eigenvalue weighted by Gasteiger charge is 2.21. The van der Waals surface area contributed by atoms with Gasteiger partial charge in [-0.05, 0) is 49.7 Å². The minimum Gasteiger partial charge on any atom is -0.334 e. The number of hydrogen-bond donors (Lipinski definition) is 1. The zero-order chi connectivity index (χ0) is 20.3. The van der Waals surface area contributed by atoms with Crippen molar-refractivity contribution in [2.24, 2.45) is 0 Å². The molecule has 8 heteroatoms. The summed E-state index contributed by atoms with van der Waals surface area (Å²) in [5.41, 5.74) is 2.55. The third kappa shape index (κ3) is 4.45. The minimum atomic E-state index is -0.311. The van der Waals surface area contributed by atoms with Crippen LogP contribution >= 0.6 is 15.9 Å². The first-order valence-corrected chi connectivity index (χ1v) is 9.35. The molecule has 0 fully saturated rings. The summed E-state index contributed by atoms with van der Waals surface area (Å²) in [6.45, 7) is 3.52. The molecule has 3 rings (SSSR count). The zero-order valence-corrected chi connectivity index (χ0v) is 17.3. The summed E-state index contributed by atoms with van der Waals surface area (Å²) in [7, 11) is 1.58. The average molecular weight is 443 g/mol. The summed E-state index contributed by atoms with van der Waals surface area (Å²) in [6, 6.07) is 12.5. The second-order valence-corrected chi connectivity index (χ2v) is 7.28. The molecule has 0 radical (unpaired) electrons. The van der Waals surface area contributed by atoms with Gasteiger partial charge in [0, 0.05) is 17.2 Å². The van der Waals surface area contributed by atoms with E-state index in [0.29, 0.717) is 22.6 Å². The van der Waals surface area contributed by atoms with E-state index in [2.05, 4.69) is 31.4 Å². The lowest BCUT2D eigenvalue weighted by atomic mass is 10.1. The fourth-order valence-electron chi connectivity index (χ4n) is 2.71. The second kappa shape index (κ2) is 8.35. The molecule has 144 valence electrons. The van der Waals surface area contributed by atoms with Crippen LogP contribution in [-0.2, 0) is 4.79 Å². The van der Waals surface area contributed by atoms with E-state index in [4.69, 9.17) is 4.52 Å². The van der Waals surface area contributed by atoms with Crippen molar-refractivity contribution < 1.29 is 14.1 Å². The molecular formula is C20H19BrN4O3. The van der Waals surface area contributed by atoms with Crippen LogP contribution < -0.4 is 5.32 Å². The maximum atomic E-state index is 12.9. The molecule has 0 bridgehead atoms. The first-order chi connectivity index (χ1) is 13.3. The number of aryl methyl sites for hydroxylation is 2. The van der Waals surface area contributed by atoms with Gasteiger partial charge in [-0.1, -0.05) is 33.2 Å². The van der Waals surface area contributed by atoms with E-state index in [9.17, 15) is 9.59 Å². The van der Waals surface area contributed by atoms with E-state index < -0.39 is 0 Å². The van der Waals surface area contributed by atoms with E-state index in [-0.39, 0.29) is 24.2 Å². The lowest BCUT2D eigenvalue weighted by Gasteiger charge is -2.18. The summed E-state index contributed by atoms with van der Waals surface area (Å²) in [5, 5.41) is 6.60. The Hall–Kier alpha value is -3.00. The highest BCUT2D eigenvalue weighted by Crippen LogP contribution is 2.23.